The molecule has 0 aliphatic heterocycles. The van der Waals surface area contributed by atoms with Gasteiger partial charge >= 0.3 is 0 Å². The number of para-hydroxylation sites is 1. The highest BCUT2D eigenvalue weighted by Crippen LogP contribution is 2.20. The van der Waals surface area contributed by atoms with Gasteiger partial charge in [0.2, 0.25) is 0 Å². The van der Waals surface area contributed by atoms with E-state index in [1.807, 2.05) is 31.2 Å². The molecule has 0 bridgehead atoms. The number of methoxy groups -OCH3 is 1. The third-order valence-electron chi connectivity index (χ3n) is 2.91. The quantitative estimate of drug-likeness (QED) is 0.826. The van der Waals surface area contributed by atoms with E-state index in [1.54, 1.807) is 14.0 Å². The number of ether oxygens (including phenoxy) is 1. The number of carbonyl (C=O) groups excluding carboxylic acids is 1. The number of carbonyl (C=O) groups is 1. The summed E-state index contributed by atoms with van der Waals surface area (Å²) < 4.78 is 5.20. The minimum atomic E-state index is -0.749. The summed E-state index contributed by atoms with van der Waals surface area (Å²) in [5.74, 6) is 0.780. The number of hydrogen-bond donors (Lipinski definition) is 1. The van der Waals surface area contributed by atoms with E-state index < -0.39 is 5.54 Å². The van der Waals surface area contributed by atoms with Gasteiger partial charge in [-0.1, -0.05) is 25.1 Å². The summed E-state index contributed by atoms with van der Waals surface area (Å²) in [6.07, 6.45) is 0.964. The van der Waals surface area contributed by atoms with Crippen molar-refractivity contribution in [3.8, 4) is 5.75 Å². The Bertz CT molecular complexity index is 372. The van der Waals surface area contributed by atoms with Crippen molar-refractivity contribution in [2.24, 2.45) is 5.73 Å². The van der Waals surface area contributed by atoms with Gasteiger partial charge in [-0.25, -0.2) is 0 Å². The average molecular weight is 221 g/mol. The number of rotatable bonds is 5. The topological polar surface area (TPSA) is 52.3 Å². The highest BCUT2D eigenvalue weighted by atomic mass is 16.5. The lowest BCUT2D eigenvalue weighted by atomic mass is 9.90. The highest BCUT2D eigenvalue weighted by Gasteiger charge is 2.26. The second-order valence-electron chi connectivity index (χ2n) is 4.18. The first-order valence-electron chi connectivity index (χ1n) is 5.45. The van der Waals surface area contributed by atoms with Gasteiger partial charge in [0.15, 0.2) is 5.78 Å². The van der Waals surface area contributed by atoms with E-state index in [4.69, 9.17) is 10.5 Å². The van der Waals surface area contributed by atoms with Gasteiger partial charge in [0, 0.05) is 12.0 Å². The normalized spacial score (nSPS) is 14.2. The second kappa shape index (κ2) is 5.12. The van der Waals surface area contributed by atoms with Crippen LogP contribution in [0.2, 0.25) is 0 Å². The third-order valence-corrected chi connectivity index (χ3v) is 2.91. The van der Waals surface area contributed by atoms with Gasteiger partial charge in [-0.3, -0.25) is 4.79 Å². The van der Waals surface area contributed by atoms with Crippen LogP contribution in [-0.2, 0) is 11.2 Å². The van der Waals surface area contributed by atoms with Gasteiger partial charge in [0.25, 0.3) is 0 Å². The van der Waals surface area contributed by atoms with Crippen LogP contribution in [0.1, 0.15) is 25.8 Å². The molecule has 0 fully saturated rings. The Morgan fingerprint density at radius 1 is 1.44 bits per heavy atom. The van der Waals surface area contributed by atoms with E-state index in [9.17, 15) is 4.79 Å². The largest absolute Gasteiger partial charge is 0.496 e. The number of Topliss-reactive ketones (excluding diaryl/α,β-unsaturated/α-hetero) is 1. The first-order chi connectivity index (χ1) is 7.51. The minimum absolute atomic E-state index is 0.0412. The molecule has 1 aromatic carbocycles. The predicted octanol–water partition coefficient (Wildman–Crippen LogP) is 1.93. The van der Waals surface area contributed by atoms with Crippen LogP contribution in [0.4, 0.5) is 0 Å². The van der Waals surface area contributed by atoms with E-state index in [0.29, 0.717) is 12.8 Å². The molecule has 0 spiro atoms. The zero-order chi connectivity index (χ0) is 12.2. The van der Waals surface area contributed by atoms with Gasteiger partial charge in [-0.05, 0) is 19.4 Å². The van der Waals surface area contributed by atoms with Crippen molar-refractivity contribution in [2.45, 2.75) is 32.2 Å². The highest BCUT2D eigenvalue weighted by molar-refractivity contribution is 5.89. The Morgan fingerprint density at radius 2 is 2.06 bits per heavy atom. The number of hydrogen-bond acceptors (Lipinski definition) is 3. The molecule has 1 unspecified atom stereocenters. The maximum Gasteiger partial charge on any atom is 0.156 e. The molecule has 88 valence electrons. The maximum absolute atomic E-state index is 12.0. The van der Waals surface area contributed by atoms with Crippen LogP contribution in [0.25, 0.3) is 0 Å². The summed E-state index contributed by atoms with van der Waals surface area (Å²) in [5.41, 5.74) is 6.05. The molecule has 0 saturated heterocycles. The monoisotopic (exact) mass is 221 g/mol. The van der Waals surface area contributed by atoms with Crippen LogP contribution < -0.4 is 10.5 Å². The summed E-state index contributed by atoms with van der Waals surface area (Å²) in [7, 11) is 1.60. The number of benzene rings is 1. The fourth-order valence-corrected chi connectivity index (χ4v) is 1.42. The molecule has 16 heavy (non-hydrogen) atoms. The molecule has 0 aromatic heterocycles. The van der Waals surface area contributed by atoms with Crippen molar-refractivity contribution in [1.82, 2.24) is 0 Å². The smallest absolute Gasteiger partial charge is 0.156 e. The summed E-state index contributed by atoms with van der Waals surface area (Å²) in [6.45, 7) is 3.69. The van der Waals surface area contributed by atoms with Crippen molar-refractivity contribution in [1.29, 1.82) is 0 Å². The average Bonchev–Trinajstić information content (AvgIpc) is 2.29. The summed E-state index contributed by atoms with van der Waals surface area (Å²) >= 11 is 0. The Balaban J connectivity index is 2.85. The SMILES string of the molecule is CCC(C)(N)C(=O)Cc1ccccc1OC. The molecule has 2 N–H and O–H groups in total. The number of nitrogens with two attached hydrogens (primary N) is 1. The second-order valence-corrected chi connectivity index (χ2v) is 4.18. The Hall–Kier alpha value is -1.35. The molecule has 0 radical (unpaired) electrons. The van der Waals surface area contributed by atoms with Crippen molar-refractivity contribution in [2.75, 3.05) is 7.11 Å². The lowest BCUT2D eigenvalue weighted by molar-refractivity contribution is -0.123. The van der Waals surface area contributed by atoms with Crippen molar-refractivity contribution >= 4 is 5.78 Å². The lowest BCUT2D eigenvalue weighted by Gasteiger charge is -2.21. The molecule has 1 atom stereocenters. The van der Waals surface area contributed by atoms with E-state index in [0.717, 1.165) is 11.3 Å². The number of ketones is 1. The maximum atomic E-state index is 12.0. The fourth-order valence-electron chi connectivity index (χ4n) is 1.42. The third kappa shape index (κ3) is 2.83. The first kappa shape index (κ1) is 12.7. The minimum Gasteiger partial charge on any atom is -0.496 e. The Labute approximate surface area is 96.6 Å². The molecule has 3 heteroatoms. The molecule has 0 aliphatic carbocycles. The van der Waals surface area contributed by atoms with Crippen LogP contribution in [0.5, 0.6) is 5.75 Å². The predicted molar refractivity (Wildman–Crippen MR) is 64.6 cm³/mol. The van der Waals surface area contributed by atoms with Crippen LogP contribution in [0.15, 0.2) is 24.3 Å². The molecule has 1 rings (SSSR count). The Kier molecular flexibility index (Phi) is 4.07. The van der Waals surface area contributed by atoms with Crippen molar-refractivity contribution < 1.29 is 9.53 Å². The van der Waals surface area contributed by atoms with E-state index >= 15 is 0 Å². The van der Waals surface area contributed by atoms with Gasteiger partial charge in [-0.15, -0.1) is 0 Å². The van der Waals surface area contributed by atoms with E-state index in [-0.39, 0.29) is 5.78 Å². The van der Waals surface area contributed by atoms with Crippen LogP contribution in [-0.4, -0.2) is 18.4 Å². The first-order valence-corrected chi connectivity index (χ1v) is 5.45. The van der Waals surface area contributed by atoms with E-state index in [2.05, 4.69) is 0 Å². The zero-order valence-electron chi connectivity index (χ0n) is 10.1. The molecule has 1 aromatic rings. The van der Waals surface area contributed by atoms with Gasteiger partial charge < -0.3 is 10.5 Å². The molecular weight excluding hydrogens is 202 g/mol. The van der Waals surface area contributed by atoms with Gasteiger partial charge in [-0.2, -0.15) is 0 Å². The molecule has 3 nitrogen and oxygen atoms in total. The molecule has 0 heterocycles. The van der Waals surface area contributed by atoms with Crippen molar-refractivity contribution in [3.05, 3.63) is 29.8 Å². The van der Waals surface area contributed by atoms with Crippen LogP contribution in [0.3, 0.4) is 0 Å². The zero-order valence-corrected chi connectivity index (χ0v) is 10.1. The van der Waals surface area contributed by atoms with Gasteiger partial charge in [0.1, 0.15) is 5.75 Å². The molecular formula is C13H19NO2. The van der Waals surface area contributed by atoms with Gasteiger partial charge in [0.05, 0.1) is 12.6 Å². The summed E-state index contributed by atoms with van der Waals surface area (Å²) in [5, 5.41) is 0. The molecule has 0 aliphatic rings. The molecule has 0 saturated carbocycles. The lowest BCUT2D eigenvalue weighted by Crippen LogP contribution is -2.45. The van der Waals surface area contributed by atoms with E-state index in [1.165, 1.54) is 0 Å². The van der Waals surface area contributed by atoms with Crippen LogP contribution >= 0.6 is 0 Å². The molecule has 0 amide bonds. The summed E-state index contributed by atoms with van der Waals surface area (Å²) in [4.78, 5) is 12.0. The summed E-state index contributed by atoms with van der Waals surface area (Å²) in [6, 6.07) is 7.52. The fraction of sp³-hybridized carbons (Fsp3) is 0.462. The Morgan fingerprint density at radius 3 is 2.62 bits per heavy atom. The van der Waals surface area contributed by atoms with Crippen molar-refractivity contribution in [3.63, 3.8) is 0 Å². The standard InChI is InChI=1S/C13H19NO2/c1-4-13(2,14)12(15)9-10-7-5-6-8-11(10)16-3/h5-8H,4,9,14H2,1-3H3. The van der Waals surface area contributed by atoms with Crippen LogP contribution in [0, 0.1) is 0 Å².